The number of halogens is 2. The summed E-state index contributed by atoms with van der Waals surface area (Å²) in [6.45, 7) is 3.38. The quantitative estimate of drug-likeness (QED) is 0.617. The highest BCUT2D eigenvalue weighted by atomic mass is 79.9. The summed E-state index contributed by atoms with van der Waals surface area (Å²) in [5, 5.41) is 10.7. The lowest BCUT2D eigenvalue weighted by atomic mass is 10.2. The lowest BCUT2D eigenvalue weighted by molar-refractivity contribution is -0.385. The fourth-order valence-corrected chi connectivity index (χ4v) is 2.16. The maximum absolute atomic E-state index is 13.8. The van der Waals surface area contributed by atoms with E-state index in [9.17, 15) is 14.5 Å². The Bertz CT molecular complexity index is 692. The molecule has 0 saturated heterocycles. The third kappa shape index (κ3) is 2.93. The molecule has 0 saturated carbocycles. The zero-order valence-corrected chi connectivity index (χ0v) is 12.3. The van der Waals surface area contributed by atoms with E-state index in [0.29, 0.717) is 10.0 Å². The molecular weight excluding hydrogens is 331 g/mol. The SMILES string of the molecule is Cc1cnc(Oc2cc(C)c([N+](=O)[O-])cc2F)c(Br)c1. The molecule has 0 aliphatic rings. The third-order valence-electron chi connectivity index (χ3n) is 2.60. The molecule has 2 rings (SSSR count). The normalized spacial score (nSPS) is 10.4. The average molecular weight is 341 g/mol. The van der Waals surface area contributed by atoms with Crippen molar-refractivity contribution in [1.82, 2.24) is 4.98 Å². The Balaban J connectivity index is 2.39. The Hall–Kier alpha value is -2.02. The maximum atomic E-state index is 13.8. The number of aromatic nitrogens is 1. The van der Waals surface area contributed by atoms with Crippen molar-refractivity contribution in [3.63, 3.8) is 0 Å². The number of nitro groups is 1. The fraction of sp³-hybridized carbons (Fsp3) is 0.154. The molecule has 0 unspecified atom stereocenters. The second kappa shape index (κ2) is 5.54. The van der Waals surface area contributed by atoms with Gasteiger partial charge in [0.15, 0.2) is 11.6 Å². The first-order valence-corrected chi connectivity index (χ1v) is 6.42. The van der Waals surface area contributed by atoms with Crippen LogP contribution in [-0.2, 0) is 0 Å². The molecule has 7 heteroatoms. The van der Waals surface area contributed by atoms with Crippen molar-refractivity contribution in [1.29, 1.82) is 0 Å². The number of ether oxygens (including phenoxy) is 1. The molecular formula is C13H10BrFN2O3. The molecule has 0 spiro atoms. The summed E-state index contributed by atoms with van der Waals surface area (Å²) in [5.41, 5.74) is 0.949. The Morgan fingerprint density at radius 1 is 1.35 bits per heavy atom. The molecule has 0 N–H and O–H groups in total. The van der Waals surface area contributed by atoms with Crippen LogP contribution in [-0.4, -0.2) is 9.91 Å². The molecule has 20 heavy (non-hydrogen) atoms. The maximum Gasteiger partial charge on any atom is 0.275 e. The van der Waals surface area contributed by atoms with Crippen molar-refractivity contribution in [3.05, 3.63) is 55.9 Å². The molecule has 104 valence electrons. The van der Waals surface area contributed by atoms with Gasteiger partial charge in [-0.3, -0.25) is 10.1 Å². The Morgan fingerprint density at radius 2 is 2.05 bits per heavy atom. The van der Waals surface area contributed by atoms with Gasteiger partial charge in [-0.2, -0.15) is 0 Å². The van der Waals surface area contributed by atoms with Crippen LogP contribution in [0.4, 0.5) is 10.1 Å². The van der Waals surface area contributed by atoms with Crippen molar-refractivity contribution in [2.24, 2.45) is 0 Å². The lowest BCUT2D eigenvalue weighted by Gasteiger charge is -2.09. The number of nitrogens with zero attached hydrogens (tertiary/aromatic N) is 2. The number of nitro benzene ring substituents is 1. The predicted molar refractivity (Wildman–Crippen MR) is 74.5 cm³/mol. The minimum atomic E-state index is -0.809. The van der Waals surface area contributed by atoms with Gasteiger partial charge in [-0.15, -0.1) is 0 Å². The van der Waals surface area contributed by atoms with Crippen molar-refractivity contribution < 1.29 is 14.1 Å². The van der Waals surface area contributed by atoms with Crippen LogP contribution in [0, 0.1) is 29.8 Å². The topological polar surface area (TPSA) is 65.3 Å². The van der Waals surface area contributed by atoms with E-state index in [4.69, 9.17) is 4.74 Å². The fourth-order valence-electron chi connectivity index (χ4n) is 1.62. The summed E-state index contributed by atoms with van der Waals surface area (Å²) >= 11 is 3.27. The van der Waals surface area contributed by atoms with Gasteiger partial charge in [0.05, 0.1) is 15.5 Å². The van der Waals surface area contributed by atoms with Crippen LogP contribution in [0.25, 0.3) is 0 Å². The highest BCUT2D eigenvalue weighted by Gasteiger charge is 2.17. The molecule has 0 fully saturated rings. The van der Waals surface area contributed by atoms with Crippen LogP contribution in [0.3, 0.4) is 0 Å². The minimum absolute atomic E-state index is 0.106. The highest BCUT2D eigenvalue weighted by molar-refractivity contribution is 9.10. The van der Waals surface area contributed by atoms with E-state index in [-0.39, 0.29) is 17.3 Å². The molecule has 5 nitrogen and oxygen atoms in total. The Kier molecular flexibility index (Phi) is 3.99. The van der Waals surface area contributed by atoms with E-state index >= 15 is 0 Å². The average Bonchev–Trinajstić information content (AvgIpc) is 2.36. The van der Waals surface area contributed by atoms with E-state index in [1.807, 2.05) is 6.92 Å². The second-order valence-corrected chi connectivity index (χ2v) is 5.08. The van der Waals surface area contributed by atoms with Gasteiger partial charge in [0.25, 0.3) is 5.69 Å². The summed E-state index contributed by atoms with van der Waals surface area (Å²) in [6.07, 6.45) is 1.58. The summed E-state index contributed by atoms with van der Waals surface area (Å²) in [6, 6.07) is 3.90. The summed E-state index contributed by atoms with van der Waals surface area (Å²) < 4.78 is 19.7. The van der Waals surface area contributed by atoms with Crippen molar-refractivity contribution in [3.8, 4) is 11.6 Å². The van der Waals surface area contributed by atoms with Gasteiger partial charge < -0.3 is 4.74 Å². The molecule has 0 radical (unpaired) electrons. The molecule has 0 bridgehead atoms. The van der Waals surface area contributed by atoms with Crippen molar-refractivity contribution >= 4 is 21.6 Å². The first-order chi connectivity index (χ1) is 9.38. The van der Waals surface area contributed by atoms with E-state index in [2.05, 4.69) is 20.9 Å². The zero-order chi connectivity index (χ0) is 14.9. The van der Waals surface area contributed by atoms with Crippen LogP contribution >= 0.6 is 15.9 Å². The Morgan fingerprint density at radius 3 is 2.65 bits per heavy atom. The minimum Gasteiger partial charge on any atom is -0.435 e. The van der Waals surface area contributed by atoms with E-state index in [0.717, 1.165) is 11.6 Å². The lowest BCUT2D eigenvalue weighted by Crippen LogP contribution is -1.97. The van der Waals surface area contributed by atoms with Gasteiger partial charge in [-0.25, -0.2) is 9.37 Å². The molecule has 0 atom stereocenters. The van der Waals surface area contributed by atoms with Crippen molar-refractivity contribution in [2.45, 2.75) is 13.8 Å². The number of rotatable bonds is 3. The number of pyridine rings is 1. The van der Waals surface area contributed by atoms with Crippen LogP contribution in [0.15, 0.2) is 28.9 Å². The molecule has 0 aliphatic carbocycles. The van der Waals surface area contributed by atoms with Crippen LogP contribution in [0.2, 0.25) is 0 Å². The second-order valence-electron chi connectivity index (χ2n) is 4.23. The molecule has 2 aromatic rings. The van der Waals surface area contributed by atoms with Gasteiger partial charge in [0, 0.05) is 11.8 Å². The Labute approximate surface area is 122 Å². The standard InChI is InChI=1S/C13H10BrFN2O3/c1-7-3-9(14)13(16-6-7)20-12-4-8(2)11(17(18)19)5-10(12)15/h3-6H,1-2H3. The van der Waals surface area contributed by atoms with Crippen LogP contribution in [0.1, 0.15) is 11.1 Å². The number of aryl methyl sites for hydroxylation is 2. The smallest absolute Gasteiger partial charge is 0.275 e. The predicted octanol–water partition coefficient (Wildman–Crippen LogP) is 4.30. The third-order valence-corrected chi connectivity index (χ3v) is 3.17. The van der Waals surface area contributed by atoms with Gasteiger partial charge in [0.2, 0.25) is 5.88 Å². The number of hydrogen-bond acceptors (Lipinski definition) is 4. The molecule has 1 heterocycles. The summed E-state index contributed by atoms with van der Waals surface area (Å²) in [7, 11) is 0. The van der Waals surface area contributed by atoms with Crippen LogP contribution in [0.5, 0.6) is 11.6 Å². The van der Waals surface area contributed by atoms with Gasteiger partial charge >= 0.3 is 0 Å². The summed E-state index contributed by atoms with van der Waals surface area (Å²) in [4.78, 5) is 14.1. The van der Waals surface area contributed by atoms with E-state index in [1.165, 1.54) is 13.0 Å². The first kappa shape index (κ1) is 14.4. The van der Waals surface area contributed by atoms with Crippen molar-refractivity contribution in [2.75, 3.05) is 0 Å². The largest absolute Gasteiger partial charge is 0.435 e. The zero-order valence-electron chi connectivity index (χ0n) is 10.7. The molecule has 0 aliphatic heterocycles. The van der Waals surface area contributed by atoms with E-state index < -0.39 is 10.7 Å². The van der Waals surface area contributed by atoms with Gasteiger partial charge in [0.1, 0.15) is 0 Å². The molecule has 1 aromatic heterocycles. The van der Waals surface area contributed by atoms with Gasteiger partial charge in [-0.05, 0) is 47.5 Å². The monoisotopic (exact) mass is 340 g/mol. The number of hydrogen-bond donors (Lipinski definition) is 0. The molecule has 0 amide bonds. The highest BCUT2D eigenvalue weighted by Crippen LogP contribution is 2.32. The van der Waals surface area contributed by atoms with Gasteiger partial charge in [-0.1, -0.05) is 0 Å². The van der Waals surface area contributed by atoms with E-state index in [1.54, 1.807) is 12.3 Å². The molecule has 1 aromatic carbocycles. The van der Waals surface area contributed by atoms with Crippen LogP contribution < -0.4 is 4.74 Å². The number of benzene rings is 1. The first-order valence-electron chi connectivity index (χ1n) is 5.63. The summed E-state index contributed by atoms with van der Waals surface area (Å²) in [5.74, 6) is -0.718.